The molecule has 0 spiro atoms. The highest BCUT2D eigenvalue weighted by atomic mass is 16.5. The van der Waals surface area contributed by atoms with Crippen molar-refractivity contribution >= 4 is 0 Å². The summed E-state index contributed by atoms with van der Waals surface area (Å²) in [6.45, 7) is 9.07. The summed E-state index contributed by atoms with van der Waals surface area (Å²) in [5.41, 5.74) is 0. The van der Waals surface area contributed by atoms with Crippen LogP contribution in [0.4, 0.5) is 0 Å². The molecule has 0 fully saturated rings. The van der Waals surface area contributed by atoms with E-state index in [0.717, 1.165) is 6.42 Å². The lowest BCUT2D eigenvalue weighted by molar-refractivity contribution is 0.369. The van der Waals surface area contributed by atoms with E-state index in [0.29, 0.717) is 5.76 Å². The van der Waals surface area contributed by atoms with Gasteiger partial charge in [0.05, 0.1) is 6.26 Å². The van der Waals surface area contributed by atoms with E-state index in [1.807, 2.05) is 13.0 Å². The molecular formula is C8H12O. The highest BCUT2D eigenvalue weighted by molar-refractivity contribution is 5.03. The van der Waals surface area contributed by atoms with Crippen molar-refractivity contribution in [1.82, 2.24) is 0 Å². The van der Waals surface area contributed by atoms with Crippen molar-refractivity contribution in [2.24, 2.45) is 0 Å². The van der Waals surface area contributed by atoms with Gasteiger partial charge in [-0.1, -0.05) is 20.1 Å². The van der Waals surface area contributed by atoms with Gasteiger partial charge in [0.25, 0.3) is 0 Å². The predicted octanol–water partition coefficient (Wildman–Crippen LogP) is 2.63. The second kappa shape index (κ2) is 5.16. The molecule has 0 aliphatic carbocycles. The smallest absolute Gasteiger partial charge is 0.118 e. The van der Waals surface area contributed by atoms with Crippen molar-refractivity contribution in [3.63, 3.8) is 0 Å². The Morgan fingerprint density at radius 2 is 2.33 bits per heavy atom. The molecule has 0 N–H and O–H groups in total. The summed E-state index contributed by atoms with van der Waals surface area (Å²) in [7, 11) is 0. The van der Waals surface area contributed by atoms with Gasteiger partial charge in [-0.05, 0) is 18.6 Å². The van der Waals surface area contributed by atoms with Crippen LogP contribution in [0.15, 0.2) is 37.3 Å². The molecule has 0 saturated heterocycles. The minimum absolute atomic E-state index is 0.583. The molecule has 0 saturated carbocycles. The van der Waals surface area contributed by atoms with Gasteiger partial charge >= 0.3 is 0 Å². The zero-order valence-corrected chi connectivity index (χ0v) is 5.76. The number of rotatable bonds is 4. The molecule has 0 aliphatic heterocycles. The van der Waals surface area contributed by atoms with E-state index in [1.165, 1.54) is 0 Å². The van der Waals surface area contributed by atoms with Gasteiger partial charge in [-0.3, -0.25) is 0 Å². The summed E-state index contributed by atoms with van der Waals surface area (Å²) >= 11 is 0. The third kappa shape index (κ3) is 4.88. The van der Waals surface area contributed by atoms with Crippen LogP contribution < -0.4 is 0 Å². The molecule has 0 amide bonds. The Bertz CT molecular complexity index is 123. The normalized spacial score (nSPS) is 9.44. The lowest BCUT2D eigenvalue weighted by Crippen LogP contribution is -1.74. The van der Waals surface area contributed by atoms with Crippen molar-refractivity contribution in [2.75, 3.05) is 0 Å². The molecule has 9 heavy (non-hydrogen) atoms. The Balaban J connectivity index is 3.37. The highest BCUT2D eigenvalue weighted by Crippen LogP contribution is 1.94. The number of ether oxygens (including phenoxy) is 1. The van der Waals surface area contributed by atoms with Gasteiger partial charge in [0.1, 0.15) is 5.76 Å². The Morgan fingerprint density at radius 1 is 1.67 bits per heavy atom. The van der Waals surface area contributed by atoms with Crippen molar-refractivity contribution in [2.45, 2.75) is 13.3 Å². The topological polar surface area (TPSA) is 9.23 Å². The van der Waals surface area contributed by atoms with Gasteiger partial charge in [-0.25, -0.2) is 0 Å². The molecule has 0 bridgehead atoms. The Kier molecular flexibility index (Phi) is 4.60. The van der Waals surface area contributed by atoms with Crippen LogP contribution in [-0.4, -0.2) is 0 Å². The maximum atomic E-state index is 4.94. The van der Waals surface area contributed by atoms with Crippen molar-refractivity contribution in [3.8, 4) is 0 Å². The largest absolute Gasteiger partial charge is 0.466 e. The summed E-state index contributed by atoms with van der Waals surface area (Å²) in [4.78, 5) is 0. The molecule has 1 nitrogen and oxygen atoms in total. The third-order valence-electron chi connectivity index (χ3n) is 0.779. The molecular weight excluding hydrogens is 112 g/mol. The van der Waals surface area contributed by atoms with Crippen LogP contribution in [0.3, 0.4) is 0 Å². The summed E-state index contributed by atoms with van der Waals surface area (Å²) in [5.74, 6) is 0.583. The molecule has 0 aromatic rings. The first-order chi connectivity index (χ1) is 4.31. The molecule has 1 heteroatoms. The average Bonchev–Trinajstić information content (AvgIpc) is 1.89. The Hall–Kier alpha value is -0.980. The fourth-order valence-electron chi connectivity index (χ4n) is 0.280. The van der Waals surface area contributed by atoms with Crippen LogP contribution in [-0.2, 0) is 4.74 Å². The maximum Gasteiger partial charge on any atom is 0.118 e. The quantitative estimate of drug-likeness (QED) is 0.413. The van der Waals surface area contributed by atoms with E-state index in [1.54, 1.807) is 12.3 Å². The minimum atomic E-state index is 0.583. The highest BCUT2D eigenvalue weighted by Gasteiger charge is 1.77. The van der Waals surface area contributed by atoms with Crippen LogP contribution in [0.25, 0.3) is 0 Å². The fraction of sp³-hybridized carbons (Fsp3) is 0.250. The van der Waals surface area contributed by atoms with E-state index in [-0.39, 0.29) is 0 Å². The molecule has 50 valence electrons. The van der Waals surface area contributed by atoms with Gasteiger partial charge in [0.15, 0.2) is 0 Å². The molecule has 0 unspecified atom stereocenters. The monoisotopic (exact) mass is 124 g/mol. The van der Waals surface area contributed by atoms with Gasteiger partial charge in [0.2, 0.25) is 0 Å². The molecule has 0 heterocycles. The Morgan fingerprint density at radius 3 is 2.78 bits per heavy atom. The maximum absolute atomic E-state index is 4.94. The second-order valence-electron chi connectivity index (χ2n) is 1.57. The standard InChI is InChI=1S/C8H12O/c1-4-6-7-9-8(3)5-2/h5-7H,2-4H2,1H3. The molecule has 0 radical (unpaired) electrons. The lowest BCUT2D eigenvalue weighted by Gasteiger charge is -1.94. The third-order valence-corrected chi connectivity index (χ3v) is 0.779. The van der Waals surface area contributed by atoms with E-state index in [2.05, 4.69) is 13.2 Å². The first kappa shape index (κ1) is 8.02. The molecule has 0 aliphatic rings. The van der Waals surface area contributed by atoms with Crippen molar-refractivity contribution in [3.05, 3.63) is 37.3 Å². The summed E-state index contributed by atoms with van der Waals surface area (Å²) in [6, 6.07) is 0. The lowest BCUT2D eigenvalue weighted by atomic mass is 10.5. The van der Waals surface area contributed by atoms with Crippen LogP contribution in [0.2, 0.25) is 0 Å². The molecule has 0 aromatic carbocycles. The average molecular weight is 124 g/mol. The van der Waals surface area contributed by atoms with E-state index in [4.69, 9.17) is 4.74 Å². The molecule has 0 rings (SSSR count). The van der Waals surface area contributed by atoms with Crippen molar-refractivity contribution < 1.29 is 4.74 Å². The summed E-state index contributed by atoms with van der Waals surface area (Å²) in [5, 5.41) is 0. The van der Waals surface area contributed by atoms with Gasteiger partial charge < -0.3 is 4.74 Å². The molecule has 0 aromatic heterocycles. The zero-order valence-electron chi connectivity index (χ0n) is 5.76. The predicted molar refractivity (Wildman–Crippen MR) is 39.9 cm³/mol. The van der Waals surface area contributed by atoms with Crippen molar-refractivity contribution in [1.29, 1.82) is 0 Å². The van der Waals surface area contributed by atoms with Gasteiger partial charge in [-0.2, -0.15) is 0 Å². The van der Waals surface area contributed by atoms with Crippen LogP contribution >= 0.6 is 0 Å². The first-order valence-corrected chi connectivity index (χ1v) is 2.94. The summed E-state index contributed by atoms with van der Waals surface area (Å²) < 4.78 is 4.94. The fourth-order valence-corrected chi connectivity index (χ4v) is 0.280. The van der Waals surface area contributed by atoms with E-state index in [9.17, 15) is 0 Å². The van der Waals surface area contributed by atoms with Crippen LogP contribution in [0.1, 0.15) is 13.3 Å². The number of allylic oxidation sites excluding steroid dienone is 2. The first-order valence-electron chi connectivity index (χ1n) is 2.94. The van der Waals surface area contributed by atoms with Crippen LogP contribution in [0, 0.1) is 0 Å². The Labute approximate surface area is 56.3 Å². The van der Waals surface area contributed by atoms with E-state index < -0.39 is 0 Å². The number of hydrogen-bond acceptors (Lipinski definition) is 1. The van der Waals surface area contributed by atoms with Crippen LogP contribution in [0.5, 0.6) is 0 Å². The van der Waals surface area contributed by atoms with Gasteiger partial charge in [-0.15, -0.1) is 0 Å². The number of hydrogen-bond donors (Lipinski definition) is 0. The second-order valence-corrected chi connectivity index (χ2v) is 1.57. The molecule has 0 atom stereocenters. The van der Waals surface area contributed by atoms with E-state index >= 15 is 0 Å². The van der Waals surface area contributed by atoms with Gasteiger partial charge in [0, 0.05) is 0 Å². The summed E-state index contributed by atoms with van der Waals surface area (Å²) in [6.07, 6.45) is 6.07. The minimum Gasteiger partial charge on any atom is -0.466 e. The SMILES string of the molecule is C=CC(=C)OC=CCC. The zero-order chi connectivity index (χ0) is 7.11.